The largest absolute Gasteiger partial charge is 0.490 e. The Balaban J connectivity index is 1.47. The van der Waals surface area contributed by atoms with E-state index in [0.717, 1.165) is 16.4 Å². The fourth-order valence-corrected chi connectivity index (χ4v) is 3.93. The summed E-state index contributed by atoms with van der Waals surface area (Å²) in [6.07, 6.45) is 0.201. The number of aromatic nitrogens is 2. The highest BCUT2D eigenvalue weighted by Gasteiger charge is 2.17. The molecule has 1 atom stereocenters. The molecule has 31 heavy (non-hydrogen) atoms. The lowest BCUT2D eigenvalue weighted by Gasteiger charge is -2.11. The van der Waals surface area contributed by atoms with E-state index in [1.165, 1.54) is 0 Å². The summed E-state index contributed by atoms with van der Waals surface area (Å²) in [5.74, 6) is 1.21. The Labute approximate surface area is 180 Å². The van der Waals surface area contributed by atoms with Crippen LogP contribution < -0.4 is 15.7 Å². The zero-order valence-corrected chi connectivity index (χ0v) is 18.1. The maximum absolute atomic E-state index is 12.7. The third-order valence-electron chi connectivity index (χ3n) is 5.43. The first-order valence-corrected chi connectivity index (χ1v) is 10.7. The Kier molecular flexibility index (Phi) is 5.84. The molecule has 2 aromatic carbocycles. The number of para-hydroxylation sites is 3. The van der Waals surface area contributed by atoms with Crippen molar-refractivity contribution in [2.45, 2.75) is 46.3 Å². The van der Waals surface area contributed by atoms with Crippen molar-refractivity contribution in [2.75, 3.05) is 6.61 Å². The zero-order valence-electron chi connectivity index (χ0n) is 18.1. The lowest BCUT2D eigenvalue weighted by Crippen LogP contribution is -2.29. The average molecular weight is 421 g/mol. The highest BCUT2D eigenvalue weighted by Crippen LogP contribution is 2.31. The molecule has 0 saturated heterocycles. The van der Waals surface area contributed by atoms with Gasteiger partial charge in [-0.15, -0.1) is 0 Å². The van der Waals surface area contributed by atoms with Crippen LogP contribution in [0, 0.1) is 0 Å². The number of carbonyl (C=O) groups is 1. The molecule has 4 rings (SSSR count). The van der Waals surface area contributed by atoms with Crippen LogP contribution in [0.3, 0.4) is 0 Å². The normalized spacial score (nSPS) is 12.4. The molecule has 0 radical (unpaired) electrons. The molecular weight excluding hydrogens is 394 g/mol. The fraction of sp³-hybridized carbons (Fsp3) is 0.333. The van der Waals surface area contributed by atoms with Crippen molar-refractivity contribution in [3.63, 3.8) is 0 Å². The van der Waals surface area contributed by atoms with E-state index in [2.05, 4.69) is 5.32 Å². The number of benzene rings is 2. The second kappa shape index (κ2) is 8.71. The van der Waals surface area contributed by atoms with Gasteiger partial charge < -0.3 is 14.5 Å². The number of amides is 1. The Morgan fingerprint density at radius 2 is 1.84 bits per heavy atom. The minimum Gasteiger partial charge on any atom is -0.490 e. The average Bonchev–Trinajstić information content (AvgIpc) is 3.32. The van der Waals surface area contributed by atoms with Crippen LogP contribution in [0.5, 0.6) is 5.75 Å². The van der Waals surface area contributed by atoms with Gasteiger partial charge in [-0.3, -0.25) is 13.9 Å². The lowest BCUT2D eigenvalue weighted by molar-refractivity contribution is -0.122. The standard InChI is InChI=1S/C24H27N3O4/c1-4-26-18-10-6-7-11-19(18)27(24(26)29)14-13-22(28)25-16(3)21-15-17-9-8-12-20(30-5-2)23(17)31-21/h6-12,15-16H,4-5,13-14H2,1-3H3,(H,25,28). The summed E-state index contributed by atoms with van der Waals surface area (Å²) in [5.41, 5.74) is 2.32. The summed E-state index contributed by atoms with van der Waals surface area (Å²) in [5, 5.41) is 3.90. The number of nitrogens with zero attached hydrogens (tertiary/aromatic N) is 2. The molecule has 0 saturated carbocycles. The molecule has 2 aromatic heterocycles. The number of aryl methyl sites for hydroxylation is 2. The van der Waals surface area contributed by atoms with E-state index in [1.807, 2.05) is 69.3 Å². The smallest absolute Gasteiger partial charge is 0.329 e. The van der Waals surface area contributed by atoms with Crippen LogP contribution in [0.2, 0.25) is 0 Å². The number of fused-ring (bicyclic) bond motifs is 2. The summed E-state index contributed by atoms with van der Waals surface area (Å²) in [6.45, 7) is 7.21. The van der Waals surface area contributed by atoms with Crippen LogP contribution in [0.4, 0.5) is 0 Å². The quantitative estimate of drug-likeness (QED) is 0.462. The van der Waals surface area contributed by atoms with Crippen LogP contribution in [0.15, 0.2) is 57.7 Å². The van der Waals surface area contributed by atoms with Crippen LogP contribution in [0.1, 0.15) is 39.0 Å². The van der Waals surface area contributed by atoms with Crippen molar-refractivity contribution in [1.82, 2.24) is 14.5 Å². The van der Waals surface area contributed by atoms with E-state index in [4.69, 9.17) is 9.15 Å². The first-order chi connectivity index (χ1) is 15.0. The molecule has 162 valence electrons. The van der Waals surface area contributed by atoms with Crippen LogP contribution in [-0.4, -0.2) is 21.6 Å². The molecule has 0 aliphatic rings. The van der Waals surface area contributed by atoms with Crippen LogP contribution in [-0.2, 0) is 17.9 Å². The second-order valence-electron chi connectivity index (χ2n) is 7.46. The molecule has 2 heterocycles. The monoisotopic (exact) mass is 421 g/mol. The number of ether oxygens (including phenoxy) is 1. The molecular formula is C24H27N3O4. The van der Waals surface area contributed by atoms with Crippen LogP contribution >= 0.6 is 0 Å². The SMILES string of the molecule is CCOc1cccc2cc(C(C)NC(=O)CCn3c(=O)n(CC)c4ccccc43)oc12. The Morgan fingerprint density at radius 3 is 2.55 bits per heavy atom. The number of rotatable bonds is 8. The maximum atomic E-state index is 12.7. The van der Waals surface area contributed by atoms with Crippen molar-refractivity contribution < 1.29 is 13.9 Å². The summed E-state index contributed by atoms with van der Waals surface area (Å²) in [4.78, 5) is 25.3. The van der Waals surface area contributed by atoms with Crippen molar-refractivity contribution >= 4 is 27.9 Å². The second-order valence-corrected chi connectivity index (χ2v) is 7.46. The molecule has 0 bridgehead atoms. The molecule has 0 spiro atoms. The lowest BCUT2D eigenvalue weighted by atomic mass is 10.2. The number of hydrogen-bond acceptors (Lipinski definition) is 4. The van der Waals surface area contributed by atoms with E-state index in [0.29, 0.717) is 36.8 Å². The van der Waals surface area contributed by atoms with Crippen molar-refractivity contribution in [3.05, 3.63) is 64.8 Å². The van der Waals surface area contributed by atoms with E-state index in [9.17, 15) is 9.59 Å². The maximum Gasteiger partial charge on any atom is 0.329 e. The van der Waals surface area contributed by atoms with Gasteiger partial charge in [0.1, 0.15) is 5.76 Å². The number of carbonyl (C=O) groups excluding carboxylic acids is 1. The summed E-state index contributed by atoms with van der Waals surface area (Å²) in [6, 6.07) is 15.0. The van der Waals surface area contributed by atoms with Crippen molar-refractivity contribution in [1.29, 1.82) is 0 Å². The molecule has 1 amide bonds. The predicted molar refractivity (Wildman–Crippen MR) is 120 cm³/mol. The Bertz CT molecular complexity index is 1280. The minimum absolute atomic E-state index is 0.0923. The van der Waals surface area contributed by atoms with E-state index < -0.39 is 0 Å². The topological polar surface area (TPSA) is 78.4 Å². The minimum atomic E-state index is -0.303. The molecule has 4 aromatic rings. The van der Waals surface area contributed by atoms with Crippen molar-refractivity contribution in [3.8, 4) is 5.75 Å². The molecule has 7 nitrogen and oxygen atoms in total. The van der Waals surface area contributed by atoms with E-state index in [-0.39, 0.29) is 24.1 Å². The molecule has 7 heteroatoms. The van der Waals surface area contributed by atoms with Gasteiger partial charge in [-0.1, -0.05) is 24.3 Å². The Hall–Kier alpha value is -3.48. The van der Waals surface area contributed by atoms with Gasteiger partial charge >= 0.3 is 5.69 Å². The molecule has 0 aliphatic carbocycles. The van der Waals surface area contributed by atoms with Crippen LogP contribution in [0.25, 0.3) is 22.0 Å². The van der Waals surface area contributed by atoms with Gasteiger partial charge in [-0.25, -0.2) is 4.79 Å². The van der Waals surface area contributed by atoms with Gasteiger partial charge in [-0.2, -0.15) is 0 Å². The molecule has 1 unspecified atom stereocenters. The van der Waals surface area contributed by atoms with Gasteiger partial charge in [0.2, 0.25) is 5.91 Å². The molecule has 0 fully saturated rings. The van der Waals surface area contributed by atoms with E-state index in [1.54, 1.807) is 9.13 Å². The van der Waals surface area contributed by atoms with Gasteiger partial charge in [-0.05, 0) is 45.0 Å². The summed E-state index contributed by atoms with van der Waals surface area (Å²) in [7, 11) is 0. The zero-order chi connectivity index (χ0) is 22.0. The summed E-state index contributed by atoms with van der Waals surface area (Å²) >= 11 is 0. The number of nitrogens with one attached hydrogen (secondary N) is 1. The van der Waals surface area contributed by atoms with E-state index >= 15 is 0 Å². The number of furan rings is 1. The van der Waals surface area contributed by atoms with Gasteiger partial charge in [0.25, 0.3) is 0 Å². The fourth-order valence-electron chi connectivity index (χ4n) is 3.93. The Morgan fingerprint density at radius 1 is 1.10 bits per heavy atom. The molecule has 0 aliphatic heterocycles. The van der Waals surface area contributed by atoms with Gasteiger partial charge in [0, 0.05) is 24.9 Å². The molecule has 1 N–H and O–H groups in total. The first kappa shape index (κ1) is 20.8. The predicted octanol–water partition coefficient (Wildman–Crippen LogP) is 4.24. The third-order valence-corrected chi connectivity index (χ3v) is 5.43. The first-order valence-electron chi connectivity index (χ1n) is 10.7. The number of hydrogen-bond donors (Lipinski definition) is 1. The highest BCUT2D eigenvalue weighted by atomic mass is 16.5. The van der Waals surface area contributed by atoms with Gasteiger partial charge in [0.05, 0.1) is 23.7 Å². The summed E-state index contributed by atoms with van der Waals surface area (Å²) < 4.78 is 15.0. The third kappa shape index (κ3) is 3.95. The van der Waals surface area contributed by atoms with Gasteiger partial charge in [0.15, 0.2) is 11.3 Å². The van der Waals surface area contributed by atoms with Crippen molar-refractivity contribution in [2.24, 2.45) is 0 Å². The highest BCUT2D eigenvalue weighted by molar-refractivity contribution is 5.84. The number of imidazole rings is 1.